The minimum Gasteiger partial charge on any atom is -0.461 e. The van der Waals surface area contributed by atoms with Gasteiger partial charge in [0, 0.05) is 17.5 Å². The van der Waals surface area contributed by atoms with Crippen molar-refractivity contribution in [2.24, 2.45) is 28.0 Å². The number of allylic oxidation sites excluding steroid dienone is 1. The van der Waals surface area contributed by atoms with Crippen LogP contribution < -0.4 is 28.3 Å². The van der Waals surface area contributed by atoms with Gasteiger partial charge in [-0.05, 0) is 43.8 Å². The van der Waals surface area contributed by atoms with Gasteiger partial charge in [0.2, 0.25) is 5.91 Å². The predicted molar refractivity (Wildman–Crippen MR) is 134 cm³/mol. The van der Waals surface area contributed by atoms with Gasteiger partial charge in [-0.1, -0.05) is 5.11 Å². The van der Waals surface area contributed by atoms with E-state index >= 15 is 0 Å². The zero-order valence-corrected chi connectivity index (χ0v) is 21.4. The fraction of sp³-hybridized carbons (Fsp3) is 0.864. The molecule has 2 heterocycles. The van der Waals surface area contributed by atoms with Crippen LogP contribution in [0.1, 0.15) is 25.7 Å². The number of hydrogen-bond donors (Lipinski definition) is 9. The van der Waals surface area contributed by atoms with Gasteiger partial charge in [-0.15, -0.1) is 0 Å². The maximum absolute atomic E-state index is 12.7. The number of azide groups is 1. The highest BCUT2D eigenvalue weighted by Gasteiger charge is 2.51. The van der Waals surface area contributed by atoms with E-state index in [0.717, 1.165) is 0 Å². The zero-order chi connectivity index (χ0) is 28.7. The van der Waals surface area contributed by atoms with Gasteiger partial charge in [-0.2, -0.15) is 0 Å². The molecule has 2 fully saturated rings. The smallest absolute Gasteiger partial charge is 0.275 e. The number of carbonyl (C=O) groups excluding carboxylic acids is 1. The van der Waals surface area contributed by atoms with Crippen LogP contribution >= 0.6 is 0 Å². The topological polar surface area (TPSA) is 300 Å². The molecular weight excluding hydrogens is 520 g/mol. The van der Waals surface area contributed by atoms with Crippen molar-refractivity contribution in [2.75, 3.05) is 19.7 Å². The summed E-state index contributed by atoms with van der Waals surface area (Å²) >= 11 is 0. The molecule has 13 N–H and O–H groups in total. The quantitative estimate of drug-likeness (QED) is 0.0664. The second-order valence-corrected chi connectivity index (χ2v) is 9.85. The summed E-state index contributed by atoms with van der Waals surface area (Å²) in [6, 6.07) is -4.22. The van der Waals surface area contributed by atoms with Crippen LogP contribution in [0.15, 0.2) is 17.1 Å². The van der Waals surface area contributed by atoms with E-state index in [0.29, 0.717) is 12.8 Å². The lowest BCUT2D eigenvalue weighted by Gasteiger charge is -2.47. The van der Waals surface area contributed by atoms with E-state index in [1.807, 2.05) is 0 Å². The van der Waals surface area contributed by atoms with E-state index in [2.05, 4.69) is 15.3 Å². The van der Waals surface area contributed by atoms with Crippen LogP contribution in [-0.4, -0.2) is 119 Å². The van der Waals surface area contributed by atoms with Crippen molar-refractivity contribution in [2.45, 2.75) is 98.9 Å². The van der Waals surface area contributed by atoms with Crippen molar-refractivity contribution in [3.8, 4) is 0 Å². The van der Waals surface area contributed by atoms with Gasteiger partial charge < -0.3 is 67.6 Å². The molecule has 4 unspecified atom stereocenters. The number of ether oxygens (including phenoxy) is 4. The number of nitrogens with two attached hydrogens (primary N) is 4. The summed E-state index contributed by atoms with van der Waals surface area (Å²) in [5.74, 6) is -0.616. The molecule has 12 atom stereocenters. The SMILES string of the molecule is [N-]=[N+]=NC1C(OC2=CCC[C@@H](CN)O2)[C@@H](N)C[C@@H](NC(=O)[C@@H](O)CCN)[C@@H]1O[C@H]1OC(CO)[C@H](O)[C@H](N)C1O. The van der Waals surface area contributed by atoms with Gasteiger partial charge in [0.15, 0.2) is 6.29 Å². The van der Waals surface area contributed by atoms with Crippen LogP contribution in [0.4, 0.5) is 0 Å². The monoisotopic (exact) mass is 560 g/mol. The maximum Gasteiger partial charge on any atom is 0.275 e. The second-order valence-electron chi connectivity index (χ2n) is 9.85. The molecule has 0 aromatic heterocycles. The molecule has 39 heavy (non-hydrogen) atoms. The van der Waals surface area contributed by atoms with Gasteiger partial charge in [0.1, 0.15) is 42.7 Å². The minimum absolute atomic E-state index is 0.00911. The van der Waals surface area contributed by atoms with Crippen molar-refractivity contribution in [3.63, 3.8) is 0 Å². The van der Waals surface area contributed by atoms with Crippen molar-refractivity contribution in [3.05, 3.63) is 22.5 Å². The highest BCUT2D eigenvalue weighted by Crippen LogP contribution is 2.33. The van der Waals surface area contributed by atoms with E-state index < -0.39 is 79.6 Å². The summed E-state index contributed by atoms with van der Waals surface area (Å²) in [6.45, 7) is -0.307. The van der Waals surface area contributed by atoms with E-state index in [1.54, 1.807) is 6.08 Å². The molecule has 1 aliphatic carbocycles. The molecule has 0 aromatic rings. The van der Waals surface area contributed by atoms with Gasteiger partial charge in [0.05, 0.1) is 24.8 Å². The molecule has 2 aliphatic heterocycles. The standard InChI is InChI=1S/C22H40N8O9/c23-5-4-12(32)21(35)28-11-6-10(25)19(38-14-3-1-2-9(7-24)36-14)16(29-30-27)20(11)39-22-18(34)15(26)17(33)13(8-31)37-22/h3,9-13,15-20,22,31-34H,1-2,4-8,23-26H2,(H,28,35)/t9-,10-,11+,12-,13?,15-,16?,17-,18?,19?,20-,22+/m0/s1. The molecule has 0 radical (unpaired) electrons. The van der Waals surface area contributed by atoms with E-state index in [4.69, 9.17) is 41.9 Å². The lowest BCUT2D eigenvalue weighted by atomic mass is 9.82. The number of aliphatic hydroxyl groups is 4. The van der Waals surface area contributed by atoms with Crippen LogP contribution in [0.25, 0.3) is 10.4 Å². The first-order valence-corrected chi connectivity index (χ1v) is 12.9. The van der Waals surface area contributed by atoms with Crippen LogP contribution in [-0.2, 0) is 23.7 Å². The summed E-state index contributed by atoms with van der Waals surface area (Å²) in [7, 11) is 0. The molecule has 222 valence electrons. The molecule has 17 nitrogen and oxygen atoms in total. The second kappa shape index (κ2) is 14.4. The fourth-order valence-corrected chi connectivity index (χ4v) is 4.89. The Morgan fingerprint density at radius 1 is 1.28 bits per heavy atom. The van der Waals surface area contributed by atoms with Crippen LogP contribution in [0, 0.1) is 0 Å². The first-order valence-electron chi connectivity index (χ1n) is 12.9. The zero-order valence-electron chi connectivity index (χ0n) is 21.4. The van der Waals surface area contributed by atoms with Gasteiger partial charge in [-0.3, -0.25) is 4.79 Å². The highest BCUT2D eigenvalue weighted by molar-refractivity contribution is 5.80. The summed E-state index contributed by atoms with van der Waals surface area (Å²) < 4.78 is 23.4. The largest absolute Gasteiger partial charge is 0.461 e. The maximum atomic E-state index is 12.7. The average Bonchev–Trinajstić information content (AvgIpc) is 2.92. The van der Waals surface area contributed by atoms with Crippen LogP contribution in [0.3, 0.4) is 0 Å². The lowest BCUT2D eigenvalue weighted by molar-refractivity contribution is -0.297. The first-order chi connectivity index (χ1) is 18.6. The van der Waals surface area contributed by atoms with Crippen LogP contribution in [0.2, 0.25) is 0 Å². The van der Waals surface area contributed by atoms with Crippen molar-refractivity contribution in [1.29, 1.82) is 0 Å². The first kappa shape index (κ1) is 31.3. The van der Waals surface area contributed by atoms with E-state index in [9.17, 15) is 30.8 Å². The van der Waals surface area contributed by atoms with E-state index in [1.165, 1.54) is 0 Å². The molecule has 0 bridgehead atoms. The summed E-state index contributed by atoms with van der Waals surface area (Å²) in [5, 5.41) is 47.1. The molecule has 0 spiro atoms. The Hall–Kier alpha value is -2.28. The number of rotatable bonds is 11. The van der Waals surface area contributed by atoms with Crippen molar-refractivity contribution < 1.29 is 44.2 Å². The Labute approximate surface area is 225 Å². The van der Waals surface area contributed by atoms with Crippen molar-refractivity contribution >= 4 is 5.91 Å². The third-order valence-electron chi connectivity index (χ3n) is 7.10. The van der Waals surface area contributed by atoms with Crippen molar-refractivity contribution in [1.82, 2.24) is 5.32 Å². The minimum atomic E-state index is -1.56. The molecule has 17 heteroatoms. The molecular formula is C22H40N8O9. The number of aliphatic hydroxyl groups excluding tert-OH is 4. The van der Waals surface area contributed by atoms with Gasteiger partial charge in [-0.25, -0.2) is 0 Å². The molecule has 1 saturated carbocycles. The summed E-state index contributed by atoms with van der Waals surface area (Å²) in [4.78, 5) is 15.6. The number of nitrogens with one attached hydrogen (secondary N) is 1. The van der Waals surface area contributed by atoms with E-state index in [-0.39, 0.29) is 38.0 Å². The third kappa shape index (κ3) is 7.47. The average molecular weight is 561 g/mol. The van der Waals surface area contributed by atoms with Gasteiger partial charge in [0.25, 0.3) is 5.95 Å². The Morgan fingerprint density at radius 3 is 2.67 bits per heavy atom. The highest BCUT2D eigenvalue weighted by atomic mass is 16.7. The summed E-state index contributed by atoms with van der Waals surface area (Å²) in [6.07, 6.45) is -6.51. The number of carbonyl (C=O) groups is 1. The number of hydrogen-bond acceptors (Lipinski definition) is 14. The lowest BCUT2D eigenvalue weighted by Crippen LogP contribution is -2.68. The number of nitrogens with zero attached hydrogens (tertiary/aromatic N) is 3. The fourth-order valence-electron chi connectivity index (χ4n) is 4.89. The van der Waals surface area contributed by atoms with Crippen LogP contribution in [0.5, 0.6) is 0 Å². The molecule has 0 aromatic carbocycles. The van der Waals surface area contributed by atoms with Gasteiger partial charge >= 0.3 is 0 Å². The molecule has 1 saturated heterocycles. The molecule has 1 amide bonds. The normalized spacial score (nSPS) is 39.5. The molecule has 3 aliphatic rings. The Kier molecular flexibility index (Phi) is 11.5. The Balaban J connectivity index is 1.92. The number of amides is 1. The Morgan fingerprint density at radius 2 is 2.03 bits per heavy atom. The third-order valence-corrected chi connectivity index (χ3v) is 7.10. The predicted octanol–water partition coefficient (Wildman–Crippen LogP) is -3.89. The Bertz CT molecular complexity index is 892. The molecule has 3 rings (SSSR count). The summed E-state index contributed by atoms with van der Waals surface area (Å²) in [5.41, 5.74) is 32.9.